The van der Waals surface area contributed by atoms with Crippen LogP contribution in [0.5, 0.6) is 0 Å². The van der Waals surface area contributed by atoms with E-state index in [1.807, 2.05) is 6.20 Å². The van der Waals surface area contributed by atoms with Gasteiger partial charge >= 0.3 is 0 Å². The van der Waals surface area contributed by atoms with Gasteiger partial charge in [-0.15, -0.1) is 0 Å². The summed E-state index contributed by atoms with van der Waals surface area (Å²) >= 11 is 0. The van der Waals surface area contributed by atoms with Crippen LogP contribution in [0.3, 0.4) is 0 Å². The summed E-state index contributed by atoms with van der Waals surface area (Å²) in [7, 11) is 0. The third-order valence-electron chi connectivity index (χ3n) is 8.25. The molecular weight excluding hydrogens is 480 g/mol. The van der Waals surface area contributed by atoms with Crippen molar-refractivity contribution < 1.29 is 0 Å². The summed E-state index contributed by atoms with van der Waals surface area (Å²) in [6.07, 6.45) is 4.18. The number of nitrogens with one attached hydrogen (secondary N) is 2. The summed E-state index contributed by atoms with van der Waals surface area (Å²) in [6.45, 7) is 0.689. The molecule has 0 atom stereocenters. The van der Waals surface area contributed by atoms with Crippen molar-refractivity contribution in [1.82, 2.24) is 24.9 Å². The quantitative estimate of drug-likeness (QED) is 0.245. The Labute approximate surface area is 219 Å². The lowest BCUT2D eigenvalue weighted by atomic mass is 10.1. The Bertz CT molecular complexity index is 2700. The van der Waals surface area contributed by atoms with E-state index in [2.05, 4.69) is 88.8 Å². The number of aromatic nitrogens is 5. The van der Waals surface area contributed by atoms with Crippen LogP contribution in [0.2, 0.25) is 0 Å². The molecule has 7 heterocycles. The molecule has 3 aromatic carbocycles. The van der Waals surface area contributed by atoms with Gasteiger partial charge in [-0.3, -0.25) is 4.99 Å². The Morgan fingerprint density at radius 1 is 0.641 bits per heavy atom. The van der Waals surface area contributed by atoms with Gasteiger partial charge in [-0.2, -0.15) is 0 Å². The third-order valence-corrected chi connectivity index (χ3v) is 8.25. The van der Waals surface area contributed by atoms with Crippen LogP contribution < -0.4 is 10.6 Å². The Hall–Kier alpha value is -5.36. The normalized spacial score (nSPS) is 13.4. The van der Waals surface area contributed by atoms with Crippen LogP contribution >= 0.6 is 0 Å². The number of aromatic amines is 2. The van der Waals surface area contributed by atoms with Gasteiger partial charge in [-0.25, -0.2) is 15.0 Å². The highest BCUT2D eigenvalue weighted by Crippen LogP contribution is 2.34. The van der Waals surface area contributed by atoms with Crippen LogP contribution in [0, 0.1) is 0 Å². The molecule has 0 saturated heterocycles. The highest BCUT2D eigenvalue weighted by Gasteiger charge is 2.14. The molecule has 0 amide bonds. The second kappa shape index (κ2) is 6.74. The zero-order valence-corrected chi connectivity index (χ0v) is 20.6. The average Bonchev–Trinajstić information content (AvgIpc) is 3.75. The number of pyridine rings is 2. The minimum Gasteiger partial charge on any atom is -0.361 e. The molecule has 6 aromatic heterocycles. The Balaban J connectivity index is 1.56. The number of nitrogens with zero attached hydrogens (tertiary/aromatic N) is 4. The van der Waals surface area contributed by atoms with Gasteiger partial charge in [-0.1, -0.05) is 30.3 Å². The first kappa shape index (κ1) is 19.7. The Morgan fingerprint density at radius 3 is 2.28 bits per heavy atom. The third kappa shape index (κ3) is 2.55. The van der Waals surface area contributed by atoms with Crippen LogP contribution in [-0.4, -0.2) is 31.5 Å². The van der Waals surface area contributed by atoms with E-state index in [1.165, 1.54) is 0 Å². The molecule has 10 rings (SSSR count). The molecule has 0 fully saturated rings. The zero-order chi connectivity index (χ0) is 25.2. The standard InChI is InChI=1S/C33H18N6/c1-2-17-4-6-25-29-23-8-10-35-27(23)14-19-12-21(37-31(19)29)15-20-11-18-13-26-22(7-9-34-26)28(30(18)36-20)24-5-3-16(1)32(38-24)33(17)39-25/h1-9,11-15,34,37H,10H2. The van der Waals surface area contributed by atoms with Crippen molar-refractivity contribution >= 4 is 93.4 Å². The fraction of sp³-hybridized carbons (Fsp3) is 0.0303. The molecule has 180 valence electrons. The second-order valence-electron chi connectivity index (χ2n) is 10.5. The highest BCUT2D eigenvalue weighted by molar-refractivity contribution is 6.20. The number of hydrogen-bond acceptors (Lipinski definition) is 4. The van der Waals surface area contributed by atoms with Crippen molar-refractivity contribution in [2.24, 2.45) is 4.99 Å². The van der Waals surface area contributed by atoms with Crippen molar-refractivity contribution in [1.29, 1.82) is 0 Å². The predicted octanol–water partition coefficient (Wildman–Crippen LogP) is 6.17. The lowest BCUT2D eigenvalue weighted by Crippen LogP contribution is -2.22. The second-order valence-corrected chi connectivity index (χ2v) is 10.5. The number of hydrogen-bond donors (Lipinski definition) is 2. The van der Waals surface area contributed by atoms with Crippen molar-refractivity contribution in [3.63, 3.8) is 0 Å². The first-order valence-electron chi connectivity index (χ1n) is 13.1. The molecule has 6 heteroatoms. The summed E-state index contributed by atoms with van der Waals surface area (Å²) < 4.78 is 0. The summed E-state index contributed by atoms with van der Waals surface area (Å²) in [5.41, 5.74) is 8.61. The molecular formula is C33H18N6. The fourth-order valence-electron chi connectivity index (χ4n) is 6.52. The maximum Gasteiger partial charge on any atom is 0.0972 e. The SMILES string of the molecule is C1=c2c(cc3cc4cc5cc6cc7[nH]ccc7c(c7ccc8ccc9ccc(nc9c8n7)c2c3[nH]4)c6n5)=NC1. The van der Waals surface area contributed by atoms with Gasteiger partial charge in [-0.05, 0) is 48.5 Å². The van der Waals surface area contributed by atoms with Crippen LogP contribution in [-0.2, 0) is 0 Å². The van der Waals surface area contributed by atoms with E-state index in [0.717, 1.165) is 97.9 Å². The predicted molar refractivity (Wildman–Crippen MR) is 159 cm³/mol. The molecule has 0 spiro atoms. The molecule has 1 aliphatic rings. The lowest BCUT2D eigenvalue weighted by Gasteiger charge is -2.06. The lowest BCUT2D eigenvalue weighted by molar-refractivity contribution is 1.23. The van der Waals surface area contributed by atoms with Gasteiger partial charge in [0.05, 0.1) is 50.5 Å². The van der Waals surface area contributed by atoms with E-state index in [-0.39, 0.29) is 0 Å². The van der Waals surface area contributed by atoms with Gasteiger partial charge in [0, 0.05) is 60.2 Å². The highest BCUT2D eigenvalue weighted by atomic mass is 14.8. The Morgan fingerprint density at radius 2 is 1.44 bits per heavy atom. The van der Waals surface area contributed by atoms with E-state index in [9.17, 15) is 0 Å². The summed E-state index contributed by atoms with van der Waals surface area (Å²) in [5.74, 6) is 0. The van der Waals surface area contributed by atoms with Crippen LogP contribution in [0.25, 0.3) is 93.4 Å². The van der Waals surface area contributed by atoms with Crippen molar-refractivity contribution in [2.75, 3.05) is 6.54 Å². The summed E-state index contributed by atoms with van der Waals surface area (Å²) in [5, 5.41) is 9.73. The maximum absolute atomic E-state index is 5.29. The maximum atomic E-state index is 5.29. The van der Waals surface area contributed by atoms with Crippen LogP contribution in [0.15, 0.2) is 84.0 Å². The van der Waals surface area contributed by atoms with Crippen molar-refractivity contribution in [3.05, 3.63) is 89.6 Å². The van der Waals surface area contributed by atoms with E-state index in [0.29, 0.717) is 6.54 Å². The zero-order valence-electron chi connectivity index (χ0n) is 20.6. The molecule has 0 radical (unpaired) electrons. The molecule has 0 unspecified atom stereocenters. The van der Waals surface area contributed by atoms with Crippen molar-refractivity contribution in [2.45, 2.75) is 0 Å². The molecule has 0 aliphatic carbocycles. The van der Waals surface area contributed by atoms with Crippen LogP contribution in [0.4, 0.5) is 0 Å². The molecule has 0 saturated carbocycles. The number of H-pyrrole nitrogens is 2. The minimum absolute atomic E-state index is 0.689. The van der Waals surface area contributed by atoms with Gasteiger partial charge < -0.3 is 9.97 Å². The van der Waals surface area contributed by atoms with Gasteiger partial charge in [0.15, 0.2) is 0 Å². The smallest absolute Gasteiger partial charge is 0.0972 e. The summed E-state index contributed by atoms with van der Waals surface area (Å²) in [4.78, 5) is 27.6. The largest absolute Gasteiger partial charge is 0.361 e. The molecule has 39 heavy (non-hydrogen) atoms. The van der Waals surface area contributed by atoms with E-state index in [4.69, 9.17) is 19.9 Å². The Kier molecular flexibility index (Phi) is 3.41. The number of benzene rings is 3. The number of rotatable bonds is 0. The van der Waals surface area contributed by atoms with Gasteiger partial charge in [0.1, 0.15) is 0 Å². The minimum atomic E-state index is 0.689. The van der Waals surface area contributed by atoms with E-state index >= 15 is 0 Å². The molecule has 6 nitrogen and oxygen atoms in total. The monoisotopic (exact) mass is 498 g/mol. The average molecular weight is 499 g/mol. The topological polar surface area (TPSA) is 82.6 Å². The molecule has 9 aromatic rings. The first-order valence-corrected chi connectivity index (χ1v) is 13.1. The van der Waals surface area contributed by atoms with Gasteiger partial charge in [0.25, 0.3) is 0 Å². The fourth-order valence-corrected chi connectivity index (χ4v) is 6.52. The molecule has 2 N–H and O–H groups in total. The summed E-state index contributed by atoms with van der Waals surface area (Å²) in [6, 6.07) is 25.7. The molecule has 8 bridgehead atoms. The van der Waals surface area contributed by atoms with Crippen LogP contribution in [0.1, 0.15) is 0 Å². The molecule has 1 aliphatic heterocycles. The van der Waals surface area contributed by atoms with Crippen molar-refractivity contribution in [3.8, 4) is 0 Å². The van der Waals surface area contributed by atoms with Gasteiger partial charge in [0.2, 0.25) is 0 Å². The number of fused-ring (bicyclic) bond motifs is 10. The van der Waals surface area contributed by atoms with E-state index < -0.39 is 0 Å². The first-order chi connectivity index (χ1) is 19.3. The van der Waals surface area contributed by atoms with E-state index in [1.54, 1.807) is 0 Å².